The molecule has 1 saturated heterocycles. The highest BCUT2D eigenvalue weighted by Gasteiger charge is 2.21. The highest BCUT2D eigenvalue weighted by molar-refractivity contribution is 7.13. The lowest BCUT2D eigenvalue weighted by molar-refractivity contribution is -0.0681. The lowest BCUT2D eigenvalue weighted by atomic mass is 10.2. The number of nitrogens with one attached hydrogen (secondary N) is 2. The second-order valence-electron chi connectivity index (χ2n) is 5.35. The van der Waals surface area contributed by atoms with E-state index in [1.165, 1.54) is 11.3 Å². The molecule has 2 heterocycles. The number of rotatable bonds is 6. The molecule has 1 aliphatic rings. The Balaban J connectivity index is 1.52. The number of nitrogens with zero attached hydrogens (tertiary/aromatic N) is 3. The second kappa shape index (κ2) is 8.26. The zero-order chi connectivity index (χ0) is 15.1. The lowest BCUT2D eigenvalue weighted by Gasteiger charge is -2.35. The van der Waals surface area contributed by atoms with E-state index in [1.807, 2.05) is 0 Å². The summed E-state index contributed by atoms with van der Waals surface area (Å²) >= 11 is 1.30. The summed E-state index contributed by atoms with van der Waals surface area (Å²) in [6.45, 7) is 7.94. The zero-order valence-electron chi connectivity index (χ0n) is 12.5. The minimum atomic E-state index is -0.222. The van der Waals surface area contributed by atoms with Crippen molar-refractivity contribution in [2.75, 3.05) is 31.5 Å². The molecule has 2 atom stereocenters. The maximum Gasteiger partial charge on any atom is 0.321 e. The Kier molecular flexibility index (Phi) is 6.34. The maximum absolute atomic E-state index is 11.6. The highest BCUT2D eigenvalue weighted by Crippen LogP contribution is 2.11. The molecule has 2 rings (SSSR count). The van der Waals surface area contributed by atoms with Gasteiger partial charge in [-0.1, -0.05) is 11.3 Å². The van der Waals surface area contributed by atoms with E-state index in [0.717, 1.165) is 32.5 Å². The Morgan fingerprint density at radius 1 is 1.43 bits per heavy atom. The minimum Gasteiger partial charge on any atom is -0.373 e. The number of anilines is 1. The first-order valence-electron chi connectivity index (χ1n) is 7.32. The summed E-state index contributed by atoms with van der Waals surface area (Å²) in [7, 11) is 0. The molecule has 8 heteroatoms. The summed E-state index contributed by atoms with van der Waals surface area (Å²) < 4.78 is 5.71. The molecule has 0 radical (unpaired) electrons. The van der Waals surface area contributed by atoms with Crippen molar-refractivity contribution in [3.8, 4) is 0 Å². The molecule has 1 aromatic heterocycles. The molecule has 0 saturated carbocycles. The maximum atomic E-state index is 11.6. The average molecular weight is 313 g/mol. The second-order valence-corrected chi connectivity index (χ2v) is 6.18. The fraction of sp³-hybridized carbons (Fsp3) is 0.769. The number of hydrogen-bond donors (Lipinski definition) is 2. The van der Waals surface area contributed by atoms with Crippen LogP contribution in [-0.2, 0) is 4.74 Å². The van der Waals surface area contributed by atoms with E-state index >= 15 is 0 Å². The van der Waals surface area contributed by atoms with E-state index in [2.05, 4.69) is 39.6 Å². The van der Waals surface area contributed by atoms with Crippen molar-refractivity contribution in [3.63, 3.8) is 0 Å². The van der Waals surface area contributed by atoms with E-state index in [0.29, 0.717) is 23.9 Å². The van der Waals surface area contributed by atoms with Crippen LogP contribution in [0.4, 0.5) is 9.93 Å². The van der Waals surface area contributed by atoms with Gasteiger partial charge in [0.15, 0.2) is 0 Å². The van der Waals surface area contributed by atoms with Crippen LogP contribution in [0, 0.1) is 0 Å². The van der Waals surface area contributed by atoms with Gasteiger partial charge in [-0.2, -0.15) is 0 Å². The number of ether oxygens (including phenoxy) is 1. The van der Waals surface area contributed by atoms with Crippen LogP contribution in [-0.4, -0.2) is 59.5 Å². The molecule has 118 valence electrons. The van der Waals surface area contributed by atoms with Gasteiger partial charge < -0.3 is 10.1 Å². The van der Waals surface area contributed by atoms with Gasteiger partial charge in [0.25, 0.3) is 0 Å². The normalized spacial score (nSPS) is 23.0. The fourth-order valence-corrected chi connectivity index (χ4v) is 2.94. The van der Waals surface area contributed by atoms with Crippen molar-refractivity contribution >= 4 is 22.5 Å². The smallest absolute Gasteiger partial charge is 0.321 e. The third kappa shape index (κ3) is 5.94. The van der Waals surface area contributed by atoms with Crippen molar-refractivity contribution < 1.29 is 9.53 Å². The van der Waals surface area contributed by atoms with Crippen LogP contribution in [0.25, 0.3) is 0 Å². The number of urea groups is 1. The molecule has 1 fully saturated rings. The average Bonchev–Trinajstić information content (AvgIpc) is 2.90. The summed E-state index contributed by atoms with van der Waals surface area (Å²) in [4.78, 5) is 14.0. The third-order valence-corrected chi connectivity index (χ3v) is 3.87. The van der Waals surface area contributed by atoms with Crippen molar-refractivity contribution in [2.24, 2.45) is 0 Å². The molecule has 0 aliphatic carbocycles. The van der Waals surface area contributed by atoms with Gasteiger partial charge in [0, 0.05) is 19.6 Å². The van der Waals surface area contributed by atoms with Crippen LogP contribution in [0.3, 0.4) is 0 Å². The van der Waals surface area contributed by atoms with Crippen molar-refractivity contribution in [1.82, 2.24) is 20.4 Å². The van der Waals surface area contributed by atoms with E-state index in [4.69, 9.17) is 4.74 Å². The topological polar surface area (TPSA) is 79.4 Å². The number of unbranched alkanes of at least 4 members (excludes halogenated alkanes) is 1. The van der Waals surface area contributed by atoms with E-state index in [9.17, 15) is 4.79 Å². The van der Waals surface area contributed by atoms with Crippen LogP contribution in [0.2, 0.25) is 0 Å². The number of carbonyl (C=O) groups is 1. The van der Waals surface area contributed by atoms with Gasteiger partial charge >= 0.3 is 6.03 Å². The van der Waals surface area contributed by atoms with Gasteiger partial charge in [-0.15, -0.1) is 10.2 Å². The summed E-state index contributed by atoms with van der Waals surface area (Å²) in [6, 6.07) is -0.222. The van der Waals surface area contributed by atoms with E-state index in [1.54, 1.807) is 5.51 Å². The van der Waals surface area contributed by atoms with Crippen LogP contribution in [0.1, 0.15) is 26.7 Å². The molecule has 2 amide bonds. The Bertz CT molecular complexity index is 418. The van der Waals surface area contributed by atoms with Crippen molar-refractivity contribution in [2.45, 2.75) is 38.9 Å². The van der Waals surface area contributed by atoms with Crippen molar-refractivity contribution in [3.05, 3.63) is 5.51 Å². The van der Waals surface area contributed by atoms with E-state index in [-0.39, 0.29) is 6.03 Å². The van der Waals surface area contributed by atoms with Gasteiger partial charge in [-0.05, 0) is 33.2 Å². The molecule has 1 aliphatic heterocycles. The van der Waals surface area contributed by atoms with Crippen LogP contribution >= 0.6 is 11.3 Å². The van der Waals surface area contributed by atoms with E-state index < -0.39 is 0 Å². The van der Waals surface area contributed by atoms with Crippen LogP contribution in [0.15, 0.2) is 5.51 Å². The summed E-state index contributed by atoms with van der Waals surface area (Å²) in [6.07, 6.45) is 2.65. The van der Waals surface area contributed by atoms with Crippen molar-refractivity contribution in [1.29, 1.82) is 0 Å². The van der Waals surface area contributed by atoms with Gasteiger partial charge in [0.1, 0.15) is 5.51 Å². The molecular weight excluding hydrogens is 290 g/mol. The molecule has 0 unspecified atom stereocenters. The SMILES string of the molecule is C[C@@H]1CN(CCCCNC(=O)Nc2nncs2)C[C@@H](C)O1. The Morgan fingerprint density at radius 2 is 2.19 bits per heavy atom. The standard InChI is InChI=1S/C13H23N5O2S/c1-10-7-18(8-11(2)20-10)6-4-3-5-14-12(19)16-13-17-15-9-21-13/h9-11H,3-8H2,1-2H3,(H2,14,16,17,19)/t10-,11-/m1/s1. The predicted molar refractivity (Wildman–Crippen MR) is 82.6 cm³/mol. The molecule has 1 aromatic rings. The molecule has 2 N–H and O–H groups in total. The largest absolute Gasteiger partial charge is 0.373 e. The zero-order valence-corrected chi connectivity index (χ0v) is 13.4. The summed E-state index contributed by atoms with van der Waals surface area (Å²) in [5, 5.41) is 13.4. The first-order chi connectivity index (χ1) is 10.1. The Labute approximate surface area is 129 Å². The minimum absolute atomic E-state index is 0.222. The monoisotopic (exact) mass is 313 g/mol. The van der Waals surface area contributed by atoms with Gasteiger partial charge in [0.2, 0.25) is 5.13 Å². The number of hydrogen-bond acceptors (Lipinski definition) is 6. The molecule has 0 bridgehead atoms. The Morgan fingerprint density at radius 3 is 2.86 bits per heavy atom. The number of morpholine rings is 1. The molecule has 21 heavy (non-hydrogen) atoms. The number of amides is 2. The van der Waals surface area contributed by atoms with Gasteiger partial charge in [0.05, 0.1) is 12.2 Å². The van der Waals surface area contributed by atoms with Crippen LogP contribution in [0.5, 0.6) is 0 Å². The number of carbonyl (C=O) groups excluding carboxylic acids is 1. The first-order valence-corrected chi connectivity index (χ1v) is 8.20. The Hall–Kier alpha value is -1.25. The predicted octanol–water partition coefficient (Wildman–Crippen LogP) is 1.55. The van der Waals surface area contributed by atoms with Gasteiger partial charge in [-0.25, -0.2) is 4.79 Å². The van der Waals surface area contributed by atoms with Gasteiger partial charge in [-0.3, -0.25) is 10.2 Å². The lowest BCUT2D eigenvalue weighted by Crippen LogP contribution is -2.45. The molecular formula is C13H23N5O2S. The molecule has 0 spiro atoms. The summed E-state index contributed by atoms with van der Waals surface area (Å²) in [5.41, 5.74) is 1.58. The first kappa shape index (κ1) is 16.1. The van der Waals surface area contributed by atoms with Crippen LogP contribution < -0.4 is 10.6 Å². The summed E-state index contributed by atoms with van der Waals surface area (Å²) in [5.74, 6) is 0. The number of aromatic nitrogens is 2. The third-order valence-electron chi connectivity index (χ3n) is 3.26. The highest BCUT2D eigenvalue weighted by atomic mass is 32.1. The molecule has 0 aromatic carbocycles. The molecule has 7 nitrogen and oxygen atoms in total. The quantitative estimate of drug-likeness (QED) is 0.779. The fourth-order valence-electron chi connectivity index (χ4n) is 2.50.